The Kier molecular flexibility index (Phi) is 5.61. The summed E-state index contributed by atoms with van der Waals surface area (Å²) in [7, 11) is 0. The molecule has 1 amide bonds. The number of thiazole rings is 1. The highest BCUT2D eigenvalue weighted by atomic mass is 35.5. The molecule has 4 aromatic rings. The lowest BCUT2D eigenvalue weighted by Gasteiger charge is -2.07. The lowest BCUT2D eigenvalue weighted by atomic mass is 10.2. The van der Waals surface area contributed by atoms with E-state index in [9.17, 15) is 4.79 Å². The van der Waals surface area contributed by atoms with Gasteiger partial charge in [-0.25, -0.2) is 4.98 Å². The molecule has 0 fully saturated rings. The van der Waals surface area contributed by atoms with Crippen LogP contribution in [-0.2, 0) is 11.3 Å². The Morgan fingerprint density at radius 1 is 1.18 bits per heavy atom. The molecular formula is C19H16ClN5OS2. The van der Waals surface area contributed by atoms with Crippen molar-refractivity contribution in [1.82, 2.24) is 19.7 Å². The van der Waals surface area contributed by atoms with E-state index in [1.165, 1.54) is 23.1 Å². The van der Waals surface area contributed by atoms with E-state index in [4.69, 9.17) is 11.6 Å². The summed E-state index contributed by atoms with van der Waals surface area (Å²) in [6.07, 6.45) is 0. The summed E-state index contributed by atoms with van der Waals surface area (Å²) in [6, 6.07) is 15.3. The zero-order valence-corrected chi connectivity index (χ0v) is 17.3. The van der Waals surface area contributed by atoms with E-state index in [-0.39, 0.29) is 11.7 Å². The van der Waals surface area contributed by atoms with E-state index in [2.05, 4.69) is 20.5 Å². The molecule has 0 aliphatic rings. The summed E-state index contributed by atoms with van der Waals surface area (Å²) in [5.74, 6) is 0.866. The van der Waals surface area contributed by atoms with Gasteiger partial charge in [-0.2, -0.15) is 0 Å². The first-order valence-corrected chi connectivity index (χ1v) is 10.8. The highest BCUT2D eigenvalue weighted by molar-refractivity contribution is 7.99. The third-order valence-electron chi connectivity index (χ3n) is 4.01. The minimum Gasteiger partial charge on any atom is -0.302 e. The number of fused-ring (bicyclic) bond motifs is 1. The molecule has 0 spiro atoms. The molecule has 0 aliphatic carbocycles. The Hall–Kier alpha value is -2.42. The average molecular weight is 430 g/mol. The van der Waals surface area contributed by atoms with Gasteiger partial charge in [-0.05, 0) is 43.3 Å². The molecule has 4 rings (SSSR count). The molecule has 0 aliphatic heterocycles. The molecule has 142 valence electrons. The van der Waals surface area contributed by atoms with Crippen molar-refractivity contribution in [1.29, 1.82) is 0 Å². The number of para-hydroxylation sites is 1. The second-order valence-electron chi connectivity index (χ2n) is 5.88. The molecule has 1 N–H and O–H groups in total. The maximum Gasteiger partial charge on any atom is 0.236 e. The minimum atomic E-state index is -0.122. The van der Waals surface area contributed by atoms with Gasteiger partial charge in [0.15, 0.2) is 16.1 Å². The number of hydrogen-bond acceptors (Lipinski definition) is 6. The monoisotopic (exact) mass is 429 g/mol. The smallest absolute Gasteiger partial charge is 0.236 e. The van der Waals surface area contributed by atoms with Gasteiger partial charge >= 0.3 is 0 Å². The molecule has 0 saturated carbocycles. The van der Waals surface area contributed by atoms with E-state index < -0.39 is 0 Å². The fourth-order valence-corrected chi connectivity index (χ4v) is 4.51. The fraction of sp³-hybridized carbons (Fsp3) is 0.158. The van der Waals surface area contributed by atoms with E-state index in [0.29, 0.717) is 21.9 Å². The van der Waals surface area contributed by atoms with Gasteiger partial charge in [0.1, 0.15) is 0 Å². The van der Waals surface area contributed by atoms with Crippen LogP contribution in [-0.4, -0.2) is 31.4 Å². The first kappa shape index (κ1) is 18.9. The Labute approximate surface area is 175 Å². The molecule has 2 heterocycles. The van der Waals surface area contributed by atoms with Crippen LogP contribution in [0.5, 0.6) is 0 Å². The normalized spacial score (nSPS) is 11.1. The van der Waals surface area contributed by atoms with Crippen LogP contribution >= 0.6 is 34.7 Å². The van der Waals surface area contributed by atoms with Crippen molar-refractivity contribution in [3.8, 4) is 11.4 Å². The fourth-order valence-electron chi connectivity index (χ4n) is 2.70. The van der Waals surface area contributed by atoms with Crippen LogP contribution in [0.2, 0.25) is 5.02 Å². The van der Waals surface area contributed by atoms with Crippen LogP contribution in [0.1, 0.15) is 6.92 Å². The van der Waals surface area contributed by atoms with Crippen molar-refractivity contribution in [2.24, 2.45) is 0 Å². The van der Waals surface area contributed by atoms with Crippen molar-refractivity contribution in [3.63, 3.8) is 0 Å². The summed E-state index contributed by atoms with van der Waals surface area (Å²) in [4.78, 5) is 16.8. The highest BCUT2D eigenvalue weighted by Gasteiger charge is 2.15. The summed E-state index contributed by atoms with van der Waals surface area (Å²) in [5.41, 5.74) is 1.82. The van der Waals surface area contributed by atoms with Crippen LogP contribution in [0, 0.1) is 0 Å². The quantitative estimate of drug-likeness (QED) is 0.438. The highest BCUT2D eigenvalue weighted by Crippen LogP contribution is 2.27. The maximum atomic E-state index is 12.3. The number of thioether (sulfide) groups is 1. The Morgan fingerprint density at radius 3 is 2.71 bits per heavy atom. The van der Waals surface area contributed by atoms with Gasteiger partial charge in [0.2, 0.25) is 5.91 Å². The number of benzene rings is 2. The minimum absolute atomic E-state index is 0.122. The molecule has 2 aromatic carbocycles. The van der Waals surface area contributed by atoms with E-state index in [1.54, 1.807) is 0 Å². The molecule has 0 unspecified atom stereocenters. The van der Waals surface area contributed by atoms with Gasteiger partial charge in [0.05, 0.1) is 16.0 Å². The lowest BCUT2D eigenvalue weighted by Crippen LogP contribution is -2.14. The van der Waals surface area contributed by atoms with Crippen LogP contribution in [0.15, 0.2) is 53.7 Å². The maximum absolute atomic E-state index is 12.3. The molecule has 0 atom stereocenters. The number of hydrogen-bond donors (Lipinski definition) is 1. The van der Waals surface area contributed by atoms with Gasteiger partial charge in [-0.1, -0.05) is 46.8 Å². The number of halogens is 1. The van der Waals surface area contributed by atoms with Gasteiger partial charge in [0, 0.05) is 17.1 Å². The molecule has 6 nitrogen and oxygen atoms in total. The van der Waals surface area contributed by atoms with Crippen LogP contribution < -0.4 is 5.32 Å². The third kappa shape index (κ3) is 4.04. The molecule has 0 saturated heterocycles. The van der Waals surface area contributed by atoms with Gasteiger partial charge < -0.3 is 9.88 Å². The number of amides is 1. The number of nitrogens with zero attached hydrogens (tertiary/aromatic N) is 4. The van der Waals surface area contributed by atoms with E-state index in [0.717, 1.165) is 21.6 Å². The Morgan fingerprint density at radius 2 is 1.96 bits per heavy atom. The summed E-state index contributed by atoms with van der Waals surface area (Å²) in [6.45, 7) is 2.72. The van der Waals surface area contributed by atoms with Crippen molar-refractivity contribution in [3.05, 3.63) is 53.6 Å². The second-order valence-corrected chi connectivity index (χ2v) is 8.29. The van der Waals surface area contributed by atoms with E-state index >= 15 is 0 Å². The number of rotatable bonds is 6. The summed E-state index contributed by atoms with van der Waals surface area (Å²) in [5, 5.41) is 13.4. The van der Waals surface area contributed by atoms with Gasteiger partial charge in [-0.15, -0.1) is 10.2 Å². The molecule has 0 bridgehead atoms. The van der Waals surface area contributed by atoms with Crippen molar-refractivity contribution < 1.29 is 4.79 Å². The Balaban J connectivity index is 1.44. The number of carbonyl (C=O) groups excluding carboxylic acids is 1. The molecule has 28 heavy (non-hydrogen) atoms. The summed E-state index contributed by atoms with van der Waals surface area (Å²) >= 11 is 8.77. The molecule has 2 aromatic heterocycles. The molecule has 9 heteroatoms. The van der Waals surface area contributed by atoms with E-state index in [1.807, 2.05) is 60.0 Å². The van der Waals surface area contributed by atoms with Gasteiger partial charge in [0.25, 0.3) is 0 Å². The second kappa shape index (κ2) is 8.30. The Bertz CT molecular complexity index is 1090. The number of anilines is 1. The lowest BCUT2D eigenvalue weighted by molar-refractivity contribution is -0.113. The zero-order valence-electron chi connectivity index (χ0n) is 14.9. The number of aromatic nitrogens is 4. The zero-order chi connectivity index (χ0) is 19.5. The summed E-state index contributed by atoms with van der Waals surface area (Å²) < 4.78 is 3.03. The van der Waals surface area contributed by atoms with Gasteiger partial charge in [-0.3, -0.25) is 4.79 Å². The largest absolute Gasteiger partial charge is 0.302 e. The van der Waals surface area contributed by atoms with Crippen molar-refractivity contribution in [2.75, 3.05) is 11.1 Å². The van der Waals surface area contributed by atoms with Crippen molar-refractivity contribution in [2.45, 2.75) is 18.6 Å². The molecule has 0 radical (unpaired) electrons. The van der Waals surface area contributed by atoms with Crippen LogP contribution in [0.4, 0.5) is 5.13 Å². The standard InChI is InChI=1S/C19H16ClN5OS2/c1-2-25-17(12-7-9-13(20)10-8-12)23-24-19(25)27-11-16(26)22-18-21-14-5-3-4-6-15(14)28-18/h3-10H,2,11H2,1H3,(H,21,22,26). The first-order valence-electron chi connectivity index (χ1n) is 8.61. The molecular weight excluding hydrogens is 414 g/mol. The number of nitrogens with one attached hydrogen (secondary N) is 1. The third-order valence-corrected chi connectivity index (χ3v) is 6.18. The van der Waals surface area contributed by atoms with Crippen LogP contribution in [0.3, 0.4) is 0 Å². The number of carbonyl (C=O) groups is 1. The average Bonchev–Trinajstić information content (AvgIpc) is 3.29. The topological polar surface area (TPSA) is 72.7 Å². The van der Waals surface area contributed by atoms with Crippen LogP contribution in [0.25, 0.3) is 21.6 Å². The van der Waals surface area contributed by atoms with Crippen molar-refractivity contribution >= 4 is 56.0 Å². The SMILES string of the molecule is CCn1c(SCC(=O)Nc2nc3ccccc3s2)nnc1-c1ccc(Cl)cc1. The predicted molar refractivity (Wildman–Crippen MR) is 115 cm³/mol. The first-order chi connectivity index (χ1) is 13.6. The predicted octanol–water partition coefficient (Wildman–Crippen LogP) is 4.96.